The van der Waals surface area contributed by atoms with Gasteiger partial charge in [-0.2, -0.15) is 0 Å². The van der Waals surface area contributed by atoms with Crippen LogP contribution in [0.25, 0.3) is 0 Å². The summed E-state index contributed by atoms with van der Waals surface area (Å²) in [6, 6.07) is 3.67. The highest BCUT2D eigenvalue weighted by Gasteiger charge is 2.18. The lowest BCUT2D eigenvalue weighted by Gasteiger charge is -2.21. The van der Waals surface area contributed by atoms with Crippen molar-refractivity contribution in [1.82, 2.24) is 0 Å². The Morgan fingerprint density at radius 3 is 1.90 bits per heavy atom. The van der Waals surface area contributed by atoms with Crippen LogP contribution in [0.4, 0.5) is 0 Å². The quantitative estimate of drug-likeness (QED) is 0.684. The molecule has 0 heterocycles. The van der Waals surface area contributed by atoms with E-state index in [1.54, 1.807) is 0 Å². The fourth-order valence-electron chi connectivity index (χ4n) is 1.97. The third kappa shape index (κ3) is 2.18. The molecule has 0 spiro atoms. The number of aryl methyl sites for hydroxylation is 1. The van der Waals surface area contributed by atoms with Gasteiger partial charge in [0.2, 0.25) is 0 Å². The van der Waals surface area contributed by atoms with Crippen molar-refractivity contribution >= 4 is 5.78 Å². The fraction of sp³-hybridized carbons (Fsp3) is 0.0714. The van der Waals surface area contributed by atoms with Crippen LogP contribution in [-0.2, 0) is 0 Å². The lowest BCUT2D eigenvalue weighted by Crippen LogP contribution is -2.12. The van der Waals surface area contributed by atoms with Crippen LogP contribution in [-0.4, -0.2) is 21.1 Å². The Kier molecular flexibility index (Phi) is 3.15. The second kappa shape index (κ2) is 4.65. The first-order valence-electron chi connectivity index (χ1n) is 5.59. The Labute approximate surface area is 113 Å². The number of ketones is 1. The van der Waals surface area contributed by atoms with Crippen molar-refractivity contribution < 1.29 is 30.3 Å². The van der Waals surface area contributed by atoms with Gasteiger partial charge in [0.15, 0.2) is 5.78 Å². The minimum atomic E-state index is -0.949. The van der Waals surface area contributed by atoms with E-state index >= 15 is 0 Å². The maximum atomic E-state index is 12.2. The Morgan fingerprint density at radius 2 is 1.40 bits per heavy atom. The summed E-state index contributed by atoms with van der Waals surface area (Å²) < 4.78 is 0. The van der Waals surface area contributed by atoms with Crippen molar-refractivity contribution in [3.8, 4) is 28.7 Å². The first-order chi connectivity index (χ1) is 9.31. The Bertz CT molecular complexity index is 599. The van der Waals surface area contributed by atoms with E-state index in [0.717, 1.165) is 18.2 Å². The molecule has 0 amide bonds. The van der Waals surface area contributed by atoms with Crippen molar-refractivity contribution in [2.24, 2.45) is 0 Å². The maximum absolute atomic E-state index is 12.2. The zero-order valence-corrected chi connectivity index (χ0v) is 10.4. The summed E-state index contributed by atoms with van der Waals surface area (Å²) >= 11 is 0. The number of phenols is 3. The summed E-state index contributed by atoms with van der Waals surface area (Å²) in [5.41, 5.74) is -0.672. The standard InChI is InChI=1S/C14H12O6/c1-6-2-7(15)3-9(17)12(6)14(20)13-10(18)4-8(16)5-11(13)19/h2-5,15-19H,1H3/p-2. The summed E-state index contributed by atoms with van der Waals surface area (Å²) in [6.45, 7) is 1.45. The van der Waals surface area contributed by atoms with Crippen LogP contribution in [0.15, 0.2) is 24.3 Å². The minimum absolute atomic E-state index is 0.222. The van der Waals surface area contributed by atoms with E-state index in [-0.39, 0.29) is 16.9 Å². The van der Waals surface area contributed by atoms with Gasteiger partial charge in [-0.25, -0.2) is 0 Å². The molecule has 0 aliphatic rings. The van der Waals surface area contributed by atoms with E-state index < -0.39 is 34.3 Å². The summed E-state index contributed by atoms with van der Waals surface area (Å²) in [5, 5.41) is 51.4. The van der Waals surface area contributed by atoms with Crippen molar-refractivity contribution in [3.63, 3.8) is 0 Å². The Balaban J connectivity index is 2.64. The molecule has 6 heteroatoms. The molecule has 0 aliphatic heterocycles. The van der Waals surface area contributed by atoms with Gasteiger partial charge in [-0.05, 0) is 30.7 Å². The zero-order valence-electron chi connectivity index (χ0n) is 10.4. The SMILES string of the molecule is Cc1cc(O)cc(O)c1C(=O)c1c([O-])cc(O)cc1[O-]. The molecule has 104 valence electrons. The predicted octanol–water partition coefficient (Wildman–Crippen LogP) is 0.490. The van der Waals surface area contributed by atoms with Crippen LogP contribution < -0.4 is 10.2 Å². The summed E-state index contributed by atoms with van der Waals surface area (Å²) in [6.07, 6.45) is 0. The van der Waals surface area contributed by atoms with Gasteiger partial charge in [0.1, 0.15) is 17.2 Å². The van der Waals surface area contributed by atoms with E-state index in [0.29, 0.717) is 0 Å². The molecule has 2 rings (SSSR count). The van der Waals surface area contributed by atoms with Crippen molar-refractivity contribution in [3.05, 3.63) is 41.0 Å². The third-order valence-electron chi connectivity index (χ3n) is 2.80. The zero-order chi connectivity index (χ0) is 15.0. The van der Waals surface area contributed by atoms with E-state index in [2.05, 4.69) is 0 Å². The molecular weight excluding hydrogens is 264 g/mol. The molecular formula is C14H10O6-2. The molecule has 0 aliphatic carbocycles. The highest BCUT2D eigenvalue weighted by atomic mass is 16.3. The number of aromatic hydroxyl groups is 3. The second-order valence-electron chi connectivity index (χ2n) is 4.30. The van der Waals surface area contributed by atoms with E-state index in [1.165, 1.54) is 13.0 Å². The molecule has 0 atom stereocenters. The average molecular weight is 274 g/mol. The molecule has 6 nitrogen and oxygen atoms in total. The number of hydrogen-bond donors (Lipinski definition) is 3. The molecule has 0 bridgehead atoms. The van der Waals surface area contributed by atoms with Gasteiger partial charge in [-0.15, -0.1) is 0 Å². The van der Waals surface area contributed by atoms with E-state index in [9.17, 15) is 25.2 Å². The highest BCUT2D eigenvalue weighted by Crippen LogP contribution is 2.34. The van der Waals surface area contributed by atoms with Gasteiger partial charge in [0.25, 0.3) is 0 Å². The van der Waals surface area contributed by atoms with Crippen LogP contribution >= 0.6 is 0 Å². The normalized spacial score (nSPS) is 10.4. The van der Waals surface area contributed by atoms with Gasteiger partial charge >= 0.3 is 0 Å². The number of benzene rings is 2. The maximum Gasteiger partial charge on any atom is 0.195 e. The molecule has 2 aromatic rings. The van der Waals surface area contributed by atoms with Crippen LogP contribution in [0.5, 0.6) is 28.7 Å². The summed E-state index contributed by atoms with van der Waals surface area (Å²) in [4.78, 5) is 12.2. The number of phenolic OH excluding ortho intramolecular Hbond substituents is 3. The lowest BCUT2D eigenvalue weighted by atomic mass is 9.96. The van der Waals surface area contributed by atoms with Gasteiger partial charge in [-0.1, -0.05) is 11.5 Å². The Morgan fingerprint density at radius 1 is 0.900 bits per heavy atom. The molecule has 0 unspecified atom stereocenters. The second-order valence-corrected chi connectivity index (χ2v) is 4.30. The molecule has 20 heavy (non-hydrogen) atoms. The molecule has 0 saturated carbocycles. The number of carbonyl (C=O) groups is 1. The molecule has 0 saturated heterocycles. The van der Waals surface area contributed by atoms with Gasteiger partial charge in [0, 0.05) is 11.6 Å². The number of rotatable bonds is 2. The van der Waals surface area contributed by atoms with Gasteiger partial charge in [0.05, 0.1) is 5.56 Å². The van der Waals surface area contributed by atoms with Crippen LogP contribution in [0, 0.1) is 6.92 Å². The van der Waals surface area contributed by atoms with E-state index in [4.69, 9.17) is 5.11 Å². The molecule has 3 N–H and O–H groups in total. The van der Waals surface area contributed by atoms with Crippen LogP contribution in [0.3, 0.4) is 0 Å². The monoisotopic (exact) mass is 274 g/mol. The molecule has 0 fully saturated rings. The van der Waals surface area contributed by atoms with Crippen LogP contribution in [0.1, 0.15) is 21.5 Å². The topological polar surface area (TPSA) is 124 Å². The summed E-state index contributed by atoms with van der Waals surface area (Å²) in [5.74, 6) is -4.09. The van der Waals surface area contributed by atoms with Gasteiger partial charge < -0.3 is 25.5 Å². The van der Waals surface area contributed by atoms with Crippen LogP contribution in [0.2, 0.25) is 0 Å². The van der Waals surface area contributed by atoms with Crippen molar-refractivity contribution in [2.75, 3.05) is 0 Å². The smallest absolute Gasteiger partial charge is 0.195 e. The number of carbonyl (C=O) groups excluding carboxylic acids is 1. The van der Waals surface area contributed by atoms with Crippen molar-refractivity contribution in [1.29, 1.82) is 0 Å². The van der Waals surface area contributed by atoms with Gasteiger partial charge in [-0.3, -0.25) is 4.79 Å². The highest BCUT2D eigenvalue weighted by molar-refractivity contribution is 6.14. The van der Waals surface area contributed by atoms with E-state index in [1.807, 2.05) is 0 Å². The lowest BCUT2D eigenvalue weighted by molar-refractivity contribution is -0.281. The third-order valence-corrected chi connectivity index (χ3v) is 2.80. The average Bonchev–Trinajstić information content (AvgIpc) is 2.25. The Hall–Kier alpha value is -2.89. The largest absolute Gasteiger partial charge is 0.872 e. The molecule has 0 radical (unpaired) electrons. The minimum Gasteiger partial charge on any atom is -0.872 e. The summed E-state index contributed by atoms with van der Waals surface area (Å²) in [7, 11) is 0. The fourth-order valence-corrected chi connectivity index (χ4v) is 1.97. The predicted molar refractivity (Wildman–Crippen MR) is 64.9 cm³/mol. The number of hydrogen-bond acceptors (Lipinski definition) is 6. The molecule has 2 aromatic carbocycles. The first kappa shape index (κ1) is 13.5. The van der Waals surface area contributed by atoms with Crippen molar-refractivity contribution in [2.45, 2.75) is 6.92 Å². The molecule has 0 aromatic heterocycles. The first-order valence-corrected chi connectivity index (χ1v) is 5.59.